The molecule has 18 heavy (non-hydrogen) atoms. The maximum absolute atomic E-state index is 11.6. The quantitative estimate of drug-likeness (QED) is 0.855. The lowest BCUT2D eigenvalue weighted by atomic mass is 9.78. The summed E-state index contributed by atoms with van der Waals surface area (Å²) in [5.74, 6) is 0.426. The normalized spacial score (nSPS) is 16.8. The third kappa shape index (κ3) is 3.62. The van der Waals surface area contributed by atoms with Crippen molar-refractivity contribution in [2.75, 3.05) is 13.2 Å². The summed E-state index contributed by atoms with van der Waals surface area (Å²) in [6, 6.07) is 6.96. The van der Waals surface area contributed by atoms with Gasteiger partial charge >= 0.3 is 0 Å². The minimum atomic E-state index is -0.203. The number of benzene rings is 1. The smallest absolute Gasteiger partial charge is 0.258 e. The molecular formula is C13H17ClN2O2. The second-order valence-corrected chi connectivity index (χ2v) is 5.18. The molecule has 0 atom stereocenters. The molecule has 3 N–H and O–H groups in total. The first kappa shape index (κ1) is 13.2. The number of carbonyl (C=O) groups excluding carboxylic acids is 1. The summed E-state index contributed by atoms with van der Waals surface area (Å²) in [7, 11) is 0. The van der Waals surface area contributed by atoms with E-state index in [0.29, 0.717) is 17.3 Å². The molecule has 0 aliphatic heterocycles. The standard InChI is InChI=1S/C13H17ClN2O2/c14-10-3-1-4-11(7-10)18-8-12(17)16-9-13(15)5-2-6-13/h1,3-4,7H,2,5-6,8-9,15H2,(H,16,17). The van der Waals surface area contributed by atoms with Crippen LogP contribution in [0.25, 0.3) is 0 Å². The molecule has 1 aromatic carbocycles. The van der Waals surface area contributed by atoms with Gasteiger partial charge in [0.1, 0.15) is 5.75 Å². The van der Waals surface area contributed by atoms with Crippen LogP contribution in [0.5, 0.6) is 5.75 Å². The second kappa shape index (κ2) is 5.59. The first-order valence-corrected chi connectivity index (χ1v) is 6.39. The summed E-state index contributed by atoms with van der Waals surface area (Å²) in [6.45, 7) is 0.501. The van der Waals surface area contributed by atoms with Crippen molar-refractivity contribution in [1.29, 1.82) is 0 Å². The molecule has 0 saturated heterocycles. The Morgan fingerprint density at radius 2 is 2.28 bits per heavy atom. The van der Waals surface area contributed by atoms with E-state index in [9.17, 15) is 4.79 Å². The van der Waals surface area contributed by atoms with Gasteiger partial charge in [0, 0.05) is 17.1 Å². The van der Waals surface area contributed by atoms with Gasteiger partial charge in [-0.2, -0.15) is 0 Å². The van der Waals surface area contributed by atoms with Crippen LogP contribution in [0.2, 0.25) is 5.02 Å². The van der Waals surface area contributed by atoms with Gasteiger partial charge in [-0.05, 0) is 37.5 Å². The van der Waals surface area contributed by atoms with E-state index in [4.69, 9.17) is 22.1 Å². The Kier molecular flexibility index (Phi) is 4.09. The number of amides is 1. The van der Waals surface area contributed by atoms with Crippen LogP contribution in [0.4, 0.5) is 0 Å². The summed E-state index contributed by atoms with van der Waals surface area (Å²) in [5.41, 5.74) is 5.80. The fraction of sp³-hybridized carbons (Fsp3) is 0.462. The average molecular weight is 269 g/mol. The Hall–Kier alpha value is -1.26. The summed E-state index contributed by atoms with van der Waals surface area (Å²) in [4.78, 5) is 11.6. The predicted octanol–water partition coefficient (Wildman–Crippen LogP) is 1.72. The molecule has 0 heterocycles. The highest BCUT2D eigenvalue weighted by atomic mass is 35.5. The zero-order chi connectivity index (χ0) is 13.0. The van der Waals surface area contributed by atoms with E-state index in [1.807, 2.05) is 0 Å². The van der Waals surface area contributed by atoms with E-state index >= 15 is 0 Å². The maximum atomic E-state index is 11.6. The molecule has 1 fully saturated rings. The number of nitrogens with one attached hydrogen (secondary N) is 1. The Morgan fingerprint density at radius 1 is 1.50 bits per heavy atom. The maximum Gasteiger partial charge on any atom is 0.258 e. The average Bonchev–Trinajstić information content (AvgIpc) is 2.31. The van der Waals surface area contributed by atoms with Crippen LogP contribution >= 0.6 is 11.6 Å². The third-order valence-corrected chi connectivity index (χ3v) is 3.39. The monoisotopic (exact) mass is 268 g/mol. The van der Waals surface area contributed by atoms with E-state index < -0.39 is 0 Å². The molecule has 1 aliphatic rings. The molecule has 98 valence electrons. The molecule has 0 radical (unpaired) electrons. The molecule has 0 spiro atoms. The molecular weight excluding hydrogens is 252 g/mol. The summed E-state index contributed by atoms with van der Waals surface area (Å²) < 4.78 is 5.33. The van der Waals surface area contributed by atoms with E-state index in [0.717, 1.165) is 19.3 Å². The Bertz CT molecular complexity index is 433. The van der Waals surface area contributed by atoms with Crippen LogP contribution in [0, 0.1) is 0 Å². The Balaban J connectivity index is 1.71. The van der Waals surface area contributed by atoms with Crippen LogP contribution in [0.1, 0.15) is 19.3 Å². The molecule has 1 saturated carbocycles. The van der Waals surface area contributed by atoms with Crippen LogP contribution in [0.3, 0.4) is 0 Å². The molecule has 0 unspecified atom stereocenters. The summed E-state index contributed by atoms with van der Waals surface area (Å²) >= 11 is 5.81. The fourth-order valence-corrected chi connectivity index (χ4v) is 2.02. The van der Waals surface area contributed by atoms with Crippen molar-refractivity contribution in [3.05, 3.63) is 29.3 Å². The first-order valence-electron chi connectivity index (χ1n) is 6.01. The highest BCUT2D eigenvalue weighted by molar-refractivity contribution is 6.30. The predicted molar refractivity (Wildman–Crippen MR) is 70.7 cm³/mol. The number of carbonyl (C=O) groups is 1. The molecule has 2 rings (SSSR count). The summed E-state index contributed by atoms with van der Waals surface area (Å²) in [5, 5.41) is 3.37. The highest BCUT2D eigenvalue weighted by Gasteiger charge is 2.32. The van der Waals surface area contributed by atoms with Gasteiger partial charge in [-0.1, -0.05) is 17.7 Å². The van der Waals surface area contributed by atoms with Crippen LogP contribution in [0.15, 0.2) is 24.3 Å². The van der Waals surface area contributed by atoms with Crippen molar-refractivity contribution < 1.29 is 9.53 Å². The van der Waals surface area contributed by atoms with E-state index in [2.05, 4.69) is 5.32 Å². The molecule has 1 amide bonds. The highest BCUT2D eigenvalue weighted by Crippen LogP contribution is 2.27. The first-order chi connectivity index (χ1) is 8.57. The minimum Gasteiger partial charge on any atom is -0.484 e. The summed E-state index contributed by atoms with van der Waals surface area (Å²) in [6.07, 6.45) is 3.09. The fourth-order valence-electron chi connectivity index (χ4n) is 1.84. The van der Waals surface area contributed by atoms with Crippen LogP contribution in [-0.4, -0.2) is 24.6 Å². The van der Waals surface area contributed by atoms with Gasteiger partial charge in [-0.15, -0.1) is 0 Å². The van der Waals surface area contributed by atoms with E-state index in [1.54, 1.807) is 24.3 Å². The second-order valence-electron chi connectivity index (χ2n) is 4.74. The third-order valence-electron chi connectivity index (χ3n) is 3.15. The topological polar surface area (TPSA) is 64.3 Å². The van der Waals surface area contributed by atoms with Gasteiger partial charge in [0.05, 0.1) is 0 Å². The lowest BCUT2D eigenvalue weighted by Crippen LogP contribution is -2.55. The van der Waals surface area contributed by atoms with Crippen molar-refractivity contribution in [3.8, 4) is 5.75 Å². The number of ether oxygens (including phenoxy) is 1. The molecule has 0 aromatic heterocycles. The zero-order valence-corrected chi connectivity index (χ0v) is 10.9. The lowest BCUT2D eigenvalue weighted by molar-refractivity contribution is -0.123. The Morgan fingerprint density at radius 3 is 2.89 bits per heavy atom. The lowest BCUT2D eigenvalue weighted by Gasteiger charge is -2.38. The Labute approximate surface area is 111 Å². The number of nitrogens with two attached hydrogens (primary N) is 1. The number of halogens is 1. The van der Waals surface area contributed by atoms with Gasteiger partial charge in [0.2, 0.25) is 0 Å². The number of rotatable bonds is 5. The van der Waals surface area contributed by atoms with E-state index in [-0.39, 0.29) is 18.1 Å². The minimum absolute atomic E-state index is 0.0174. The van der Waals surface area contributed by atoms with Crippen molar-refractivity contribution in [1.82, 2.24) is 5.32 Å². The number of hydrogen-bond acceptors (Lipinski definition) is 3. The zero-order valence-electron chi connectivity index (χ0n) is 10.1. The van der Waals surface area contributed by atoms with Crippen LogP contribution < -0.4 is 15.8 Å². The molecule has 4 nitrogen and oxygen atoms in total. The van der Waals surface area contributed by atoms with Gasteiger partial charge < -0.3 is 15.8 Å². The largest absolute Gasteiger partial charge is 0.484 e. The van der Waals surface area contributed by atoms with Gasteiger partial charge in [-0.3, -0.25) is 4.79 Å². The van der Waals surface area contributed by atoms with Crippen molar-refractivity contribution in [2.24, 2.45) is 5.73 Å². The van der Waals surface area contributed by atoms with Crippen LogP contribution in [-0.2, 0) is 4.79 Å². The van der Waals surface area contributed by atoms with Gasteiger partial charge in [0.15, 0.2) is 6.61 Å². The van der Waals surface area contributed by atoms with Crippen molar-refractivity contribution >= 4 is 17.5 Å². The number of hydrogen-bond donors (Lipinski definition) is 2. The molecule has 1 aromatic rings. The molecule has 0 bridgehead atoms. The van der Waals surface area contributed by atoms with Gasteiger partial charge in [-0.25, -0.2) is 0 Å². The molecule has 5 heteroatoms. The van der Waals surface area contributed by atoms with Crippen molar-refractivity contribution in [2.45, 2.75) is 24.8 Å². The molecule has 1 aliphatic carbocycles. The van der Waals surface area contributed by atoms with Gasteiger partial charge in [0.25, 0.3) is 5.91 Å². The SMILES string of the molecule is NC1(CNC(=O)COc2cccc(Cl)c2)CCC1. The van der Waals surface area contributed by atoms with E-state index in [1.165, 1.54) is 0 Å². The van der Waals surface area contributed by atoms with Crippen molar-refractivity contribution in [3.63, 3.8) is 0 Å².